The van der Waals surface area contributed by atoms with Crippen molar-refractivity contribution in [2.75, 3.05) is 0 Å². The van der Waals surface area contributed by atoms with E-state index in [0.717, 1.165) is 0 Å². The Morgan fingerprint density at radius 1 is 0.824 bits per heavy atom. The van der Waals surface area contributed by atoms with Crippen molar-refractivity contribution >= 4 is 27.0 Å². The maximum Gasteiger partial charge on any atom is 0.0390 e. The molecule has 0 fully saturated rings. The van der Waals surface area contributed by atoms with Crippen LogP contribution < -0.4 is 0 Å². The average molecular weight is 463 g/mol. The molecule has 0 atom stereocenters. The van der Waals surface area contributed by atoms with Crippen molar-refractivity contribution in [2.24, 2.45) is 5.92 Å². The first-order chi connectivity index (χ1) is 16.4. The van der Waals surface area contributed by atoms with Gasteiger partial charge < -0.3 is 0 Å². The van der Waals surface area contributed by atoms with E-state index in [1.807, 2.05) is 11.3 Å². The first-order valence-corrected chi connectivity index (χ1v) is 12.9. The van der Waals surface area contributed by atoms with E-state index in [0.29, 0.717) is 5.92 Å². The highest BCUT2D eigenvalue weighted by atomic mass is 32.1. The number of fused-ring (bicyclic) bond motifs is 1. The molecule has 0 spiro atoms. The maximum atomic E-state index is 2.40. The molecule has 0 aliphatic rings. The number of hydrogen-bond acceptors (Lipinski definition) is 1. The van der Waals surface area contributed by atoms with Crippen LogP contribution in [0.1, 0.15) is 49.3 Å². The van der Waals surface area contributed by atoms with Crippen molar-refractivity contribution in [1.29, 1.82) is 0 Å². The van der Waals surface area contributed by atoms with E-state index in [4.69, 9.17) is 0 Å². The molecule has 0 saturated heterocycles. The zero-order valence-electron chi connectivity index (χ0n) is 21.1. The van der Waals surface area contributed by atoms with Crippen LogP contribution >= 0.6 is 11.3 Å². The standard InChI is InChI=1S/C33H34S/c1-7-10-29(22(2)3)24(5)21-31(33-25(6)30-11-8-9-12-32(30)34-33)28-19-17-27(18-20-28)26-15-13-23(4)14-16-26/h7-22H,1-6H3/b10-7-,29-24-,31-21-. The second-order valence-corrected chi connectivity index (χ2v) is 10.4. The predicted molar refractivity (Wildman–Crippen MR) is 153 cm³/mol. The summed E-state index contributed by atoms with van der Waals surface area (Å²) < 4.78 is 1.34. The van der Waals surface area contributed by atoms with Crippen molar-refractivity contribution in [2.45, 2.75) is 41.5 Å². The fourth-order valence-electron chi connectivity index (χ4n) is 4.56. The van der Waals surface area contributed by atoms with E-state index in [9.17, 15) is 0 Å². The Kier molecular flexibility index (Phi) is 7.34. The molecule has 1 aromatic heterocycles. The lowest BCUT2D eigenvalue weighted by Gasteiger charge is -2.14. The molecule has 0 radical (unpaired) electrons. The van der Waals surface area contributed by atoms with E-state index in [1.165, 1.54) is 59.5 Å². The lowest BCUT2D eigenvalue weighted by atomic mass is 9.92. The van der Waals surface area contributed by atoms with Gasteiger partial charge in [-0.15, -0.1) is 11.3 Å². The van der Waals surface area contributed by atoms with Gasteiger partial charge >= 0.3 is 0 Å². The van der Waals surface area contributed by atoms with E-state index < -0.39 is 0 Å². The molecule has 0 aliphatic heterocycles. The summed E-state index contributed by atoms with van der Waals surface area (Å²) in [5.41, 5.74) is 10.4. The molecule has 1 heteroatoms. The molecule has 3 aromatic carbocycles. The van der Waals surface area contributed by atoms with Gasteiger partial charge in [0, 0.05) is 9.58 Å². The van der Waals surface area contributed by atoms with E-state index in [1.54, 1.807) is 0 Å². The lowest BCUT2D eigenvalue weighted by Crippen LogP contribution is -1.96. The minimum atomic E-state index is 0.473. The summed E-state index contributed by atoms with van der Waals surface area (Å²) in [7, 11) is 0. The minimum absolute atomic E-state index is 0.473. The van der Waals surface area contributed by atoms with Crippen LogP contribution in [-0.2, 0) is 0 Å². The Morgan fingerprint density at radius 3 is 2.03 bits per heavy atom. The van der Waals surface area contributed by atoms with Gasteiger partial charge in [0.25, 0.3) is 0 Å². The number of hydrogen-bond donors (Lipinski definition) is 0. The molecule has 0 N–H and O–H groups in total. The summed E-state index contributed by atoms with van der Waals surface area (Å²) in [6.07, 6.45) is 6.80. The summed E-state index contributed by atoms with van der Waals surface area (Å²) in [4.78, 5) is 1.35. The molecule has 0 nitrogen and oxygen atoms in total. The third kappa shape index (κ3) is 5.00. The van der Waals surface area contributed by atoms with Crippen molar-refractivity contribution in [1.82, 2.24) is 0 Å². The van der Waals surface area contributed by atoms with Gasteiger partial charge in [0.2, 0.25) is 0 Å². The highest BCUT2D eigenvalue weighted by Gasteiger charge is 2.15. The molecule has 4 rings (SSSR count). The predicted octanol–water partition coefficient (Wildman–Crippen LogP) is 10.2. The third-order valence-corrected chi connectivity index (χ3v) is 7.76. The van der Waals surface area contributed by atoms with Crippen LogP contribution in [0.4, 0.5) is 0 Å². The van der Waals surface area contributed by atoms with Crippen molar-refractivity contribution in [3.63, 3.8) is 0 Å². The highest BCUT2D eigenvalue weighted by molar-refractivity contribution is 7.20. The zero-order valence-corrected chi connectivity index (χ0v) is 22.0. The maximum absolute atomic E-state index is 2.40. The molecule has 0 saturated carbocycles. The topological polar surface area (TPSA) is 0 Å². The Balaban J connectivity index is 1.88. The van der Waals surface area contributed by atoms with Gasteiger partial charge in [-0.2, -0.15) is 0 Å². The molecular weight excluding hydrogens is 428 g/mol. The monoisotopic (exact) mass is 462 g/mol. The number of aryl methyl sites for hydroxylation is 2. The van der Waals surface area contributed by atoms with Crippen molar-refractivity contribution in [3.8, 4) is 11.1 Å². The van der Waals surface area contributed by atoms with Gasteiger partial charge in [-0.1, -0.05) is 98.3 Å². The summed E-state index contributed by atoms with van der Waals surface area (Å²) in [5.74, 6) is 0.473. The zero-order chi connectivity index (χ0) is 24.2. The second-order valence-electron chi connectivity index (χ2n) is 9.35. The minimum Gasteiger partial charge on any atom is -0.135 e. The summed E-state index contributed by atoms with van der Waals surface area (Å²) in [5, 5.41) is 1.35. The molecule has 0 unspecified atom stereocenters. The fourth-order valence-corrected chi connectivity index (χ4v) is 5.81. The smallest absolute Gasteiger partial charge is 0.0390 e. The SMILES string of the molecule is C\C=C/C(=C(C)/C=C(/c1ccc(-c2ccc(C)cc2)cc1)c1sc2ccccc2c1C)C(C)C. The second kappa shape index (κ2) is 10.4. The van der Waals surface area contributed by atoms with Gasteiger partial charge in [0.15, 0.2) is 0 Å². The van der Waals surface area contributed by atoms with Gasteiger partial charge in [-0.3, -0.25) is 0 Å². The Morgan fingerprint density at radius 2 is 1.44 bits per heavy atom. The number of thiophene rings is 1. The van der Waals surface area contributed by atoms with Crippen molar-refractivity contribution in [3.05, 3.63) is 124 Å². The molecule has 1 heterocycles. The van der Waals surface area contributed by atoms with Crippen LogP contribution in [0.3, 0.4) is 0 Å². The summed E-state index contributed by atoms with van der Waals surface area (Å²) in [6, 6.07) is 26.6. The Labute approximate surface area is 209 Å². The quantitative estimate of drug-likeness (QED) is 0.250. The van der Waals surface area contributed by atoms with Crippen LogP contribution in [0.2, 0.25) is 0 Å². The first kappa shape index (κ1) is 24.0. The molecular formula is C33H34S. The molecule has 0 bridgehead atoms. The summed E-state index contributed by atoms with van der Waals surface area (Å²) in [6.45, 7) is 13.3. The van der Waals surface area contributed by atoms with Gasteiger partial charge in [0.05, 0.1) is 0 Å². The van der Waals surface area contributed by atoms with E-state index in [2.05, 4.69) is 133 Å². The molecule has 172 valence electrons. The average Bonchev–Trinajstić information content (AvgIpc) is 3.17. The Bertz CT molecular complexity index is 1370. The number of benzene rings is 3. The van der Waals surface area contributed by atoms with E-state index >= 15 is 0 Å². The Hall–Kier alpha value is -3.16. The van der Waals surface area contributed by atoms with E-state index in [-0.39, 0.29) is 0 Å². The van der Waals surface area contributed by atoms with Crippen LogP contribution in [-0.4, -0.2) is 0 Å². The summed E-state index contributed by atoms with van der Waals surface area (Å²) >= 11 is 1.90. The highest BCUT2D eigenvalue weighted by Crippen LogP contribution is 2.39. The normalized spacial score (nSPS) is 13.2. The van der Waals surface area contributed by atoms with Gasteiger partial charge in [-0.05, 0) is 90.1 Å². The molecule has 34 heavy (non-hydrogen) atoms. The van der Waals surface area contributed by atoms with Crippen LogP contribution in [0.5, 0.6) is 0 Å². The number of allylic oxidation sites excluding steroid dienone is 5. The van der Waals surface area contributed by atoms with Crippen LogP contribution in [0.15, 0.2) is 102 Å². The third-order valence-electron chi connectivity index (χ3n) is 6.45. The van der Waals surface area contributed by atoms with Gasteiger partial charge in [0.1, 0.15) is 0 Å². The van der Waals surface area contributed by atoms with Crippen LogP contribution in [0.25, 0.3) is 26.8 Å². The largest absolute Gasteiger partial charge is 0.135 e. The lowest BCUT2D eigenvalue weighted by molar-refractivity contribution is 0.783. The van der Waals surface area contributed by atoms with Crippen molar-refractivity contribution < 1.29 is 0 Å². The molecule has 4 aromatic rings. The first-order valence-electron chi connectivity index (χ1n) is 12.1. The van der Waals surface area contributed by atoms with Crippen LogP contribution in [0, 0.1) is 19.8 Å². The van der Waals surface area contributed by atoms with Gasteiger partial charge in [-0.25, -0.2) is 0 Å². The fraction of sp³-hybridized carbons (Fsp3) is 0.212. The number of rotatable bonds is 6. The molecule has 0 aliphatic carbocycles. The molecule has 0 amide bonds.